The summed E-state index contributed by atoms with van der Waals surface area (Å²) < 4.78 is 25.2. The topological polar surface area (TPSA) is 34.1 Å². The molecule has 2 nitrogen and oxygen atoms in total. The Morgan fingerprint density at radius 3 is 2.19 bits per heavy atom. The van der Waals surface area contributed by atoms with Crippen LogP contribution in [-0.4, -0.2) is 14.2 Å². The third-order valence-electron chi connectivity index (χ3n) is 3.57. The molecule has 0 aliphatic carbocycles. The number of sulfone groups is 1. The van der Waals surface area contributed by atoms with Gasteiger partial charge in [-0.2, -0.15) is 0 Å². The smallest absolute Gasteiger partial charge is 0.178 e. The SMILES string of the molecule is CCCCCCS(=O)(=O)c1ccccc1-c1ccccc1. The largest absolute Gasteiger partial charge is 0.224 e. The fourth-order valence-corrected chi connectivity index (χ4v) is 4.03. The van der Waals surface area contributed by atoms with Crippen LogP contribution in [0.3, 0.4) is 0 Å². The fraction of sp³-hybridized carbons (Fsp3) is 0.333. The van der Waals surface area contributed by atoms with Gasteiger partial charge < -0.3 is 0 Å². The van der Waals surface area contributed by atoms with Gasteiger partial charge in [0.1, 0.15) is 0 Å². The lowest BCUT2D eigenvalue weighted by atomic mass is 10.1. The molecule has 0 unspecified atom stereocenters. The van der Waals surface area contributed by atoms with Crippen molar-refractivity contribution in [3.8, 4) is 11.1 Å². The van der Waals surface area contributed by atoms with E-state index in [-0.39, 0.29) is 5.75 Å². The van der Waals surface area contributed by atoms with Gasteiger partial charge in [-0.25, -0.2) is 8.42 Å². The number of hydrogen-bond acceptors (Lipinski definition) is 2. The summed E-state index contributed by atoms with van der Waals surface area (Å²) >= 11 is 0. The van der Waals surface area contributed by atoms with Crippen LogP contribution in [0.2, 0.25) is 0 Å². The van der Waals surface area contributed by atoms with Crippen molar-refractivity contribution in [2.24, 2.45) is 0 Å². The van der Waals surface area contributed by atoms with Crippen LogP contribution in [0, 0.1) is 0 Å². The first kappa shape index (κ1) is 15.8. The lowest BCUT2D eigenvalue weighted by molar-refractivity contribution is 0.589. The Morgan fingerprint density at radius 2 is 1.48 bits per heavy atom. The van der Waals surface area contributed by atoms with Gasteiger partial charge in [-0.05, 0) is 18.1 Å². The second-order valence-electron chi connectivity index (χ2n) is 5.24. The zero-order valence-corrected chi connectivity index (χ0v) is 13.3. The average molecular weight is 302 g/mol. The van der Waals surface area contributed by atoms with Crippen molar-refractivity contribution in [1.29, 1.82) is 0 Å². The van der Waals surface area contributed by atoms with Crippen molar-refractivity contribution in [2.45, 2.75) is 37.5 Å². The number of benzene rings is 2. The molecule has 0 fully saturated rings. The Hall–Kier alpha value is -1.61. The Bertz CT molecular complexity index is 661. The Kier molecular flexibility index (Phi) is 5.57. The normalized spacial score (nSPS) is 11.5. The number of hydrogen-bond donors (Lipinski definition) is 0. The second-order valence-corrected chi connectivity index (χ2v) is 7.32. The lowest BCUT2D eigenvalue weighted by Crippen LogP contribution is -2.08. The van der Waals surface area contributed by atoms with Crippen molar-refractivity contribution in [3.05, 3.63) is 54.6 Å². The van der Waals surface area contributed by atoms with Crippen LogP contribution < -0.4 is 0 Å². The summed E-state index contributed by atoms with van der Waals surface area (Å²) in [4.78, 5) is 0.452. The van der Waals surface area contributed by atoms with Crippen LogP contribution >= 0.6 is 0 Å². The average Bonchev–Trinajstić information content (AvgIpc) is 2.52. The van der Waals surface area contributed by atoms with E-state index in [0.717, 1.165) is 36.8 Å². The molecule has 2 aromatic carbocycles. The van der Waals surface area contributed by atoms with E-state index in [1.807, 2.05) is 42.5 Å². The Labute approximate surface area is 127 Å². The third-order valence-corrected chi connectivity index (χ3v) is 5.43. The maximum atomic E-state index is 12.6. The quantitative estimate of drug-likeness (QED) is 0.694. The van der Waals surface area contributed by atoms with E-state index in [1.165, 1.54) is 0 Å². The fourth-order valence-electron chi connectivity index (χ4n) is 2.42. The molecule has 21 heavy (non-hydrogen) atoms. The van der Waals surface area contributed by atoms with Crippen molar-refractivity contribution < 1.29 is 8.42 Å². The van der Waals surface area contributed by atoms with E-state index in [4.69, 9.17) is 0 Å². The highest BCUT2D eigenvalue weighted by Gasteiger charge is 2.18. The molecule has 0 bridgehead atoms. The molecule has 0 amide bonds. The summed E-state index contributed by atoms with van der Waals surface area (Å²) in [5, 5.41) is 0. The van der Waals surface area contributed by atoms with E-state index < -0.39 is 9.84 Å². The first-order chi connectivity index (χ1) is 10.1. The maximum absolute atomic E-state index is 12.6. The van der Waals surface area contributed by atoms with Crippen LogP contribution in [0.15, 0.2) is 59.5 Å². The van der Waals surface area contributed by atoms with Crippen LogP contribution in [-0.2, 0) is 9.84 Å². The van der Waals surface area contributed by atoms with E-state index in [9.17, 15) is 8.42 Å². The van der Waals surface area contributed by atoms with Crippen molar-refractivity contribution >= 4 is 9.84 Å². The van der Waals surface area contributed by atoms with Crippen LogP contribution in [0.25, 0.3) is 11.1 Å². The van der Waals surface area contributed by atoms with Crippen LogP contribution in [0.5, 0.6) is 0 Å². The summed E-state index contributed by atoms with van der Waals surface area (Å²) in [6.45, 7) is 2.12. The molecule has 0 saturated carbocycles. The van der Waals surface area contributed by atoms with Crippen molar-refractivity contribution in [1.82, 2.24) is 0 Å². The molecule has 2 rings (SSSR count). The van der Waals surface area contributed by atoms with Crippen molar-refractivity contribution in [3.63, 3.8) is 0 Å². The Balaban J connectivity index is 2.28. The second kappa shape index (κ2) is 7.41. The molecule has 0 heterocycles. The predicted molar refractivity (Wildman–Crippen MR) is 88.1 cm³/mol. The van der Waals surface area contributed by atoms with Crippen LogP contribution in [0.1, 0.15) is 32.6 Å². The minimum absolute atomic E-state index is 0.233. The summed E-state index contributed by atoms with van der Waals surface area (Å²) in [7, 11) is -3.22. The molecule has 0 radical (unpaired) electrons. The summed E-state index contributed by atoms with van der Waals surface area (Å²) in [6.07, 6.45) is 3.92. The lowest BCUT2D eigenvalue weighted by Gasteiger charge is -2.10. The molecule has 2 aromatic rings. The highest BCUT2D eigenvalue weighted by molar-refractivity contribution is 7.91. The maximum Gasteiger partial charge on any atom is 0.178 e. The minimum Gasteiger partial charge on any atom is -0.224 e. The first-order valence-electron chi connectivity index (χ1n) is 7.52. The number of unbranched alkanes of at least 4 members (excludes halogenated alkanes) is 3. The van der Waals surface area contributed by atoms with Gasteiger partial charge in [-0.1, -0.05) is 74.7 Å². The van der Waals surface area contributed by atoms with Gasteiger partial charge in [0.15, 0.2) is 9.84 Å². The highest BCUT2D eigenvalue weighted by atomic mass is 32.2. The monoisotopic (exact) mass is 302 g/mol. The van der Waals surface area contributed by atoms with Gasteiger partial charge in [-0.15, -0.1) is 0 Å². The van der Waals surface area contributed by atoms with E-state index in [1.54, 1.807) is 12.1 Å². The molecule has 112 valence electrons. The summed E-state index contributed by atoms with van der Waals surface area (Å²) in [5.41, 5.74) is 1.75. The zero-order valence-electron chi connectivity index (χ0n) is 12.5. The molecule has 3 heteroatoms. The molecule has 0 saturated heterocycles. The molecule has 0 aliphatic rings. The van der Waals surface area contributed by atoms with Gasteiger partial charge in [-0.3, -0.25) is 0 Å². The van der Waals surface area contributed by atoms with Gasteiger partial charge in [0.25, 0.3) is 0 Å². The van der Waals surface area contributed by atoms with Gasteiger partial charge in [0, 0.05) is 5.56 Å². The molecule has 0 N–H and O–H groups in total. The van der Waals surface area contributed by atoms with Crippen molar-refractivity contribution in [2.75, 3.05) is 5.75 Å². The standard InChI is InChI=1S/C18H22O2S/c1-2-3-4-10-15-21(19,20)18-14-9-8-13-17(18)16-11-6-5-7-12-16/h5-9,11-14H,2-4,10,15H2,1H3. The highest BCUT2D eigenvalue weighted by Crippen LogP contribution is 2.28. The van der Waals surface area contributed by atoms with E-state index in [0.29, 0.717) is 4.90 Å². The minimum atomic E-state index is -3.22. The van der Waals surface area contributed by atoms with Crippen LogP contribution in [0.4, 0.5) is 0 Å². The van der Waals surface area contributed by atoms with Gasteiger partial charge >= 0.3 is 0 Å². The zero-order chi connectivity index (χ0) is 15.1. The van der Waals surface area contributed by atoms with Gasteiger partial charge in [0.2, 0.25) is 0 Å². The third kappa shape index (κ3) is 4.18. The summed E-state index contributed by atoms with van der Waals surface area (Å²) in [5.74, 6) is 0.233. The molecular weight excluding hydrogens is 280 g/mol. The van der Waals surface area contributed by atoms with E-state index in [2.05, 4.69) is 6.92 Å². The molecule has 0 aliphatic heterocycles. The predicted octanol–water partition coefficient (Wildman–Crippen LogP) is 4.71. The first-order valence-corrected chi connectivity index (χ1v) is 9.17. The Morgan fingerprint density at radius 1 is 0.810 bits per heavy atom. The van der Waals surface area contributed by atoms with Gasteiger partial charge in [0.05, 0.1) is 10.6 Å². The number of rotatable bonds is 7. The molecule has 0 atom stereocenters. The summed E-state index contributed by atoms with van der Waals surface area (Å²) in [6, 6.07) is 17.0. The van der Waals surface area contributed by atoms with E-state index >= 15 is 0 Å². The molecular formula is C18H22O2S. The molecule has 0 aromatic heterocycles. The molecule has 0 spiro atoms.